The Morgan fingerprint density at radius 3 is 2.71 bits per heavy atom. The molecule has 0 saturated carbocycles. The van der Waals surface area contributed by atoms with E-state index in [0.717, 1.165) is 5.76 Å². The molecule has 0 amide bonds. The van der Waals surface area contributed by atoms with Gasteiger partial charge in [0.1, 0.15) is 17.3 Å². The van der Waals surface area contributed by atoms with Gasteiger partial charge in [-0.25, -0.2) is 4.98 Å². The second-order valence-corrected chi connectivity index (χ2v) is 5.66. The number of furan rings is 1. The Labute approximate surface area is 127 Å². The Morgan fingerprint density at radius 1 is 1.29 bits per heavy atom. The van der Waals surface area contributed by atoms with Crippen molar-refractivity contribution in [3.63, 3.8) is 0 Å². The molecular weight excluding hydrogens is 288 g/mol. The van der Waals surface area contributed by atoms with Crippen molar-refractivity contribution in [2.24, 2.45) is 0 Å². The van der Waals surface area contributed by atoms with Gasteiger partial charge in [0, 0.05) is 0 Å². The fraction of sp³-hybridized carbons (Fsp3) is 0.250. The summed E-state index contributed by atoms with van der Waals surface area (Å²) >= 11 is 6.20. The smallest absolute Gasteiger partial charge is 0.261 e. The molecule has 1 unspecified atom stereocenters. The number of nitrogens with zero attached hydrogens (tertiary/aromatic N) is 2. The molecule has 21 heavy (non-hydrogen) atoms. The minimum Gasteiger partial charge on any atom is -0.464 e. The van der Waals surface area contributed by atoms with Crippen LogP contribution in [0.15, 0.2) is 45.6 Å². The van der Waals surface area contributed by atoms with Gasteiger partial charge in [0.2, 0.25) is 0 Å². The lowest BCUT2D eigenvalue weighted by Gasteiger charge is -2.13. The van der Waals surface area contributed by atoms with Gasteiger partial charge in [-0.05, 0) is 38.1 Å². The first-order valence-electron chi connectivity index (χ1n) is 6.75. The lowest BCUT2D eigenvalue weighted by molar-refractivity contribution is 0.461. The van der Waals surface area contributed by atoms with Gasteiger partial charge in [-0.3, -0.25) is 9.36 Å². The number of alkyl halides is 1. The highest BCUT2D eigenvalue weighted by molar-refractivity contribution is 6.20. The van der Waals surface area contributed by atoms with Crippen molar-refractivity contribution in [2.75, 3.05) is 0 Å². The zero-order valence-electron chi connectivity index (χ0n) is 11.8. The van der Waals surface area contributed by atoms with Gasteiger partial charge in [-0.1, -0.05) is 12.1 Å². The molecule has 5 heteroatoms. The summed E-state index contributed by atoms with van der Waals surface area (Å²) in [6.07, 6.45) is 0. The van der Waals surface area contributed by atoms with Gasteiger partial charge in [-0.15, -0.1) is 11.6 Å². The van der Waals surface area contributed by atoms with Crippen LogP contribution in [0, 0.1) is 6.92 Å². The summed E-state index contributed by atoms with van der Waals surface area (Å²) in [5.74, 6) is 2.08. The van der Waals surface area contributed by atoms with Crippen LogP contribution >= 0.6 is 11.6 Å². The number of hydrogen-bond donors (Lipinski definition) is 0. The summed E-state index contributed by atoms with van der Waals surface area (Å²) in [6.45, 7) is 4.01. The molecule has 0 aliphatic rings. The average Bonchev–Trinajstić information content (AvgIpc) is 2.87. The Balaban J connectivity index is 2.21. The molecule has 4 nitrogen and oxygen atoms in total. The van der Waals surface area contributed by atoms with E-state index in [9.17, 15) is 4.79 Å². The predicted molar refractivity (Wildman–Crippen MR) is 82.8 cm³/mol. The molecule has 3 rings (SSSR count). The standard InChI is InChI=1S/C16H15ClN2O2/c1-10-7-8-12(21-10)9-19-15(11(2)17)18-14-6-4-3-5-13(14)16(19)20/h3-8,11H,9H2,1-2H3. The summed E-state index contributed by atoms with van der Waals surface area (Å²) in [5.41, 5.74) is 0.564. The van der Waals surface area contributed by atoms with Crippen LogP contribution in [0.5, 0.6) is 0 Å². The molecule has 3 aromatic rings. The fourth-order valence-electron chi connectivity index (χ4n) is 2.37. The van der Waals surface area contributed by atoms with Crippen molar-refractivity contribution < 1.29 is 4.42 Å². The number of para-hydroxylation sites is 1. The Hall–Kier alpha value is -2.07. The van der Waals surface area contributed by atoms with E-state index in [-0.39, 0.29) is 10.9 Å². The zero-order valence-corrected chi connectivity index (χ0v) is 12.6. The van der Waals surface area contributed by atoms with E-state index in [0.29, 0.717) is 29.0 Å². The Kier molecular flexibility index (Phi) is 3.55. The minimum atomic E-state index is -0.363. The van der Waals surface area contributed by atoms with Crippen molar-refractivity contribution in [1.29, 1.82) is 0 Å². The van der Waals surface area contributed by atoms with Crippen LogP contribution in [0.3, 0.4) is 0 Å². The van der Waals surface area contributed by atoms with Crippen LogP contribution in [0.4, 0.5) is 0 Å². The van der Waals surface area contributed by atoms with E-state index < -0.39 is 0 Å². The molecule has 2 heterocycles. The summed E-state index contributed by atoms with van der Waals surface area (Å²) in [6, 6.07) is 11.0. The first-order chi connectivity index (χ1) is 10.1. The Bertz CT molecular complexity index is 849. The highest BCUT2D eigenvalue weighted by Crippen LogP contribution is 2.20. The number of rotatable bonds is 3. The van der Waals surface area contributed by atoms with Crippen LogP contribution in [0.2, 0.25) is 0 Å². The second kappa shape index (κ2) is 5.37. The average molecular weight is 303 g/mol. The maximum absolute atomic E-state index is 12.7. The molecule has 0 bridgehead atoms. The quantitative estimate of drug-likeness (QED) is 0.694. The fourth-order valence-corrected chi connectivity index (χ4v) is 2.53. The van der Waals surface area contributed by atoms with Crippen LogP contribution < -0.4 is 5.56 Å². The summed E-state index contributed by atoms with van der Waals surface area (Å²) in [4.78, 5) is 17.2. The largest absolute Gasteiger partial charge is 0.464 e. The van der Waals surface area contributed by atoms with E-state index in [2.05, 4.69) is 4.98 Å². The SMILES string of the molecule is Cc1ccc(Cn2c(C(C)Cl)nc3ccccc3c2=O)o1. The van der Waals surface area contributed by atoms with Gasteiger partial charge < -0.3 is 4.42 Å². The summed E-state index contributed by atoms with van der Waals surface area (Å²) in [5, 5.41) is 0.222. The van der Waals surface area contributed by atoms with Gasteiger partial charge in [-0.2, -0.15) is 0 Å². The van der Waals surface area contributed by atoms with E-state index in [1.54, 1.807) is 10.6 Å². The highest BCUT2D eigenvalue weighted by Gasteiger charge is 2.16. The van der Waals surface area contributed by atoms with Crippen molar-refractivity contribution in [2.45, 2.75) is 25.8 Å². The van der Waals surface area contributed by atoms with E-state index in [1.807, 2.05) is 44.2 Å². The third kappa shape index (κ3) is 2.59. The van der Waals surface area contributed by atoms with Gasteiger partial charge in [0.25, 0.3) is 5.56 Å². The molecule has 0 aliphatic carbocycles. The normalized spacial score (nSPS) is 12.7. The van der Waals surface area contributed by atoms with Crippen LogP contribution in [-0.4, -0.2) is 9.55 Å². The van der Waals surface area contributed by atoms with Gasteiger partial charge >= 0.3 is 0 Å². The number of halogens is 1. The van der Waals surface area contributed by atoms with E-state index in [4.69, 9.17) is 16.0 Å². The Morgan fingerprint density at radius 2 is 2.05 bits per heavy atom. The third-order valence-corrected chi connectivity index (χ3v) is 3.55. The number of fused-ring (bicyclic) bond motifs is 1. The molecule has 1 atom stereocenters. The molecule has 0 spiro atoms. The number of aromatic nitrogens is 2. The summed E-state index contributed by atoms with van der Waals surface area (Å²) in [7, 11) is 0. The molecule has 2 aromatic heterocycles. The van der Waals surface area contributed by atoms with Crippen LogP contribution in [0.1, 0.15) is 29.6 Å². The monoisotopic (exact) mass is 302 g/mol. The molecule has 0 fully saturated rings. The highest BCUT2D eigenvalue weighted by atomic mass is 35.5. The van der Waals surface area contributed by atoms with Gasteiger partial charge in [0.15, 0.2) is 0 Å². The maximum atomic E-state index is 12.7. The molecule has 108 valence electrons. The number of benzene rings is 1. The van der Waals surface area contributed by atoms with E-state index >= 15 is 0 Å². The molecule has 0 saturated heterocycles. The lowest BCUT2D eigenvalue weighted by Crippen LogP contribution is -2.26. The van der Waals surface area contributed by atoms with Crippen molar-refractivity contribution in [3.8, 4) is 0 Å². The van der Waals surface area contributed by atoms with Crippen LogP contribution in [0.25, 0.3) is 10.9 Å². The van der Waals surface area contributed by atoms with Crippen molar-refractivity contribution in [3.05, 3.63) is 64.1 Å². The lowest BCUT2D eigenvalue weighted by atomic mass is 10.2. The molecular formula is C16H15ClN2O2. The van der Waals surface area contributed by atoms with Crippen molar-refractivity contribution >= 4 is 22.5 Å². The van der Waals surface area contributed by atoms with Crippen LogP contribution in [-0.2, 0) is 6.54 Å². The number of hydrogen-bond acceptors (Lipinski definition) is 3. The van der Waals surface area contributed by atoms with Gasteiger partial charge in [0.05, 0.1) is 22.8 Å². The molecule has 0 N–H and O–H groups in total. The minimum absolute atomic E-state index is 0.0999. The first-order valence-corrected chi connectivity index (χ1v) is 7.19. The van der Waals surface area contributed by atoms with E-state index in [1.165, 1.54) is 0 Å². The second-order valence-electron chi connectivity index (χ2n) is 5.01. The molecule has 1 aromatic carbocycles. The maximum Gasteiger partial charge on any atom is 0.261 e. The molecule has 0 radical (unpaired) electrons. The predicted octanol–water partition coefficient (Wildman–Crippen LogP) is 3.65. The summed E-state index contributed by atoms with van der Waals surface area (Å²) < 4.78 is 7.14. The zero-order chi connectivity index (χ0) is 15.0. The third-order valence-electron chi connectivity index (χ3n) is 3.36. The number of aryl methyl sites for hydroxylation is 1. The first kappa shape index (κ1) is 13.9. The van der Waals surface area contributed by atoms with Crippen molar-refractivity contribution in [1.82, 2.24) is 9.55 Å². The topological polar surface area (TPSA) is 48.0 Å². The molecule has 0 aliphatic heterocycles.